The average molecular weight is 256 g/mol. The van der Waals surface area contributed by atoms with Gasteiger partial charge >= 0.3 is 0 Å². The minimum atomic E-state index is -0.00512. The topological polar surface area (TPSA) is 24.5 Å². The number of morpholine rings is 1. The summed E-state index contributed by atoms with van der Waals surface area (Å²) in [4.78, 5) is 2.54. The molecule has 0 amide bonds. The molecule has 1 N–H and O–H groups in total. The number of hydrogen-bond acceptors (Lipinski definition) is 3. The molecule has 2 unspecified atom stereocenters. The molecule has 0 aromatic heterocycles. The average Bonchev–Trinajstić information content (AvgIpc) is 2.09. The highest BCUT2D eigenvalue weighted by Gasteiger charge is 2.31. The molecule has 0 radical (unpaired) electrons. The first-order valence-electron chi connectivity index (χ1n) is 7.23. The molecule has 18 heavy (non-hydrogen) atoms. The van der Waals surface area contributed by atoms with E-state index in [4.69, 9.17) is 4.74 Å². The number of rotatable bonds is 4. The lowest BCUT2D eigenvalue weighted by Crippen LogP contribution is -2.53. The third-order valence-electron chi connectivity index (χ3n) is 3.19. The first-order valence-corrected chi connectivity index (χ1v) is 7.23. The van der Waals surface area contributed by atoms with Crippen LogP contribution in [0.25, 0.3) is 0 Å². The summed E-state index contributed by atoms with van der Waals surface area (Å²) in [6.07, 6.45) is 0.344. The molecule has 0 bridgehead atoms. The number of ether oxygens (including phenoxy) is 1. The first kappa shape index (κ1) is 15.9. The van der Waals surface area contributed by atoms with Gasteiger partial charge in [-0.1, -0.05) is 6.92 Å². The fraction of sp³-hybridized carbons (Fsp3) is 1.00. The third-order valence-corrected chi connectivity index (χ3v) is 3.19. The van der Waals surface area contributed by atoms with E-state index in [-0.39, 0.29) is 11.1 Å². The summed E-state index contributed by atoms with van der Waals surface area (Å²) in [5.74, 6) is 0.672. The molecule has 1 aliphatic rings. The van der Waals surface area contributed by atoms with Gasteiger partial charge in [0.15, 0.2) is 0 Å². The predicted molar refractivity (Wildman–Crippen MR) is 78.0 cm³/mol. The van der Waals surface area contributed by atoms with E-state index in [1.54, 1.807) is 0 Å². The second-order valence-electron chi connectivity index (χ2n) is 7.62. The Morgan fingerprint density at radius 2 is 2.00 bits per heavy atom. The minimum Gasteiger partial charge on any atom is -0.370 e. The van der Waals surface area contributed by atoms with Crippen LogP contribution in [0, 0.1) is 5.92 Å². The van der Waals surface area contributed by atoms with Gasteiger partial charge in [0.05, 0.1) is 11.7 Å². The summed E-state index contributed by atoms with van der Waals surface area (Å²) in [6, 6.07) is 0. The molecule has 1 rings (SSSR count). The summed E-state index contributed by atoms with van der Waals surface area (Å²) in [7, 11) is 0. The summed E-state index contributed by atoms with van der Waals surface area (Å²) in [5.41, 5.74) is 0.209. The van der Waals surface area contributed by atoms with Crippen molar-refractivity contribution >= 4 is 0 Å². The van der Waals surface area contributed by atoms with Gasteiger partial charge in [-0.3, -0.25) is 4.90 Å². The van der Waals surface area contributed by atoms with Crippen molar-refractivity contribution in [1.82, 2.24) is 10.2 Å². The van der Waals surface area contributed by atoms with Crippen molar-refractivity contribution in [2.75, 3.05) is 26.2 Å². The van der Waals surface area contributed by atoms with Gasteiger partial charge in [-0.15, -0.1) is 0 Å². The largest absolute Gasteiger partial charge is 0.370 e. The molecule has 1 fully saturated rings. The van der Waals surface area contributed by atoms with E-state index in [0.717, 1.165) is 26.2 Å². The number of nitrogens with one attached hydrogen (secondary N) is 1. The second-order valence-corrected chi connectivity index (χ2v) is 7.62. The highest BCUT2D eigenvalue weighted by molar-refractivity contribution is 4.83. The van der Waals surface area contributed by atoms with Gasteiger partial charge in [0, 0.05) is 25.2 Å². The maximum absolute atomic E-state index is 5.94. The first-order chi connectivity index (χ1) is 8.07. The van der Waals surface area contributed by atoms with Gasteiger partial charge in [0.1, 0.15) is 0 Å². The van der Waals surface area contributed by atoms with Crippen molar-refractivity contribution < 1.29 is 4.74 Å². The van der Waals surface area contributed by atoms with Gasteiger partial charge < -0.3 is 10.1 Å². The fourth-order valence-corrected chi connectivity index (χ4v) is 2.71. The smallest absolute Gasteiger partial charge is 0.0757 e. The standard InChI is InChI=1S/C15H32N2O/c1-12(8-16-14(3,4)5)9-17-10-13(2)18-15(6,7)11-17/h12-13,16H,8-11H2,1-7H3. The van der Waals surface area contributed by atoms with Crippen LogP contribution in [0.4, 0.5) is 0 Å². The minimum absolute atomic E-state index is 0.00512. The SMILES string of the molecule is CC(CNC(C)(C)C)CN1CC(C)OC(C)(C)C1. The van der Waals surface area contributed by atoms with E-state index in [2.05, 4.69) is 58.7 Å². The van der Waals surface area contributed by atoms with Crippen LogP contribution in [0.3, 0.4) is 0 Å². The Balaban J connectivity index is 2.37. The Bertz CT molecular complexity index is 258. The number of nitrogens with zero attached hydrogens (tertiary/aromatic N) is 1. The highest BCUT2D eigenvalue weighted by Crippen LogP contribution is 2.21. The molecular formula is C15H32N2O. The van der Waals surface area contributed by atoms with Crippen LogP contribution < -0.4 is 5.32 Å². The van der Waals surface area contributed by atoms with Crippen molar-refractivity contribution in [3.8, 4) is 0 Å². The van der Waals surface area contributed by atoms with Crippen LogP contribution in [0.1, 0.15) is 48.5 Å². The Morgan fingerprint density at radius 3 is 2.50 bits per heavy atom. The van der Waals surface area contributed by atoms with Gasteiger partial charge in [0.2, 0.25) is 0 Å². The Hall–Kier alpha value is -0.120. The molecule has 2 atom stereocenters. The summed E-state index contributed by atoms with van der Waals surface area (Å²) < 4.78 is 5.94. The van der Waals surface area contributed by atoms with Crippen molar-refractivity contribution in [3.05, 3.63) is 0 Å². The maximum atomic E-state index is 5.94. The Labute approximate surface area is 113 Å². The predicted octanol–water partition coefficient (Wildman–Crippen LogP) is 2.51. The Morgan fingerprint density at radius 1 is 1.39 bits per heavy atom. The van der Waals surface area contributed by atoms with Crippen LogP contribution in [-0.4, -0.2) is 48.3 Å². The lowest BCUT2D eigenvalue weighted by atomic mass is 10.0. The molecule has 1 heterocycles. The fourth-order valence-electron chi connectivity index (χ4n) is 2.71. The van der Waals surface area contributed by atoms with Gasteiger partial charge in [-0.05, 0) is 54.0 Å². The van der Waals surface area contributed by atoms with Crippen molar-refractivity contribution in [2.24, 2.45) is 5.92 Å². The van der Waals surface area contributed by atoms with E-state index in [1.165, 1.54) is 0 Å². The number of hydrogen-bond donors (Lipinski definition) is 1. The molecule has 3 heteroatoms. The maximum Gasteiger partial charge on any atom is 0.0757 e. The van der Waals surface area contributed by atoms with Crippen molar-refractivity contribution in [3.63, 3.8) is 0 Å². The zero-order valence-electron chi connectivity index (χ0n) is 13.3. The van der Waals surface area contributed by atoms with Crippen LogP contribution in [-0.2, 0) is 4.74 Å². The molecule has 1 saturated heterocycles. The van der Waals surface area contributed by atoms with E-state index in [9.17, 15) is 0 Å². The molecule has 0 aliphatic carbocycles. The van der Waals surface area contributed by atoms with E-state index >= 15 is 0 Å². The highest BCUT2D eigenvalue weighted by atomic mass is 16.5. The molecule has 3 nitrogen and oxygen atoms in total. The van der Waals surface area contributed by atoms with Crippen LogP contribution in [0.2, 0.25) is 0 Å². The molecule has 0 spiro atoms. The zero-order chi connectivity index (χ0) is 14.0. The van der Waals surface area contributed by atoms with Crippen LogP contribution >= 0.6 is 0 Å². The van der Waals surface area contributed by atoms with Crippen LogP contribution in [0.5, 0.6) is 0 Å². The normalized spacial score (nSPS) is 27.2. The monoisotopic (exact) mass is 256 g/mol. The molecule has 0 aromatic rings. The lowest BCUT2D eigenvalue weighted by molar-refractivity contribution is -0.130. The molecule has 0 saturated carbocycles. The van der Waals surface area contributed by atoms with Crippen molar-refractivity contribution in [1.29, 1.82) is 0 Å². The Kier molecular flexibility index (Phi) is 5.22. The van der Waals surface area contributed by atoms with E-state index in [0.29, 0.717) is 12.0 Å². The summed E-state index contributed by atoms with van der Waals surface area (Å²) in [5, 5.41) is 3.59. The lowest BCUT2D eigenvalue weighted by Gasteiger charge is -2.42. The molecule has 1 aliphatic heterocycles. The summed E-state index contributed by atoms with van der Waals surface area (Å²) in [6.45, 7) is 19.9. The molecular weight excluding hydrogens is 224 g/mol. The third kappa shape index (κ3) is 6.17. The quantitative estimate of drug-likeness (QED) is 0.836. The zero-order valence-corrected chi connectivity index (χ0v) is 13.3. The molecule has 0 aromatic carbocycles. The summed E-state index contributed by atoms with van der Waals surface area (Å²) >= 11 is 0. The van der Waals surface area contributed by atoms with Gasteiger partial charge in [-0.25, -0.2) is 0 Å². The van der Waals surface area contributed by atoms with Crippen molar-refractivity contribution in [2.45, 2.75) is 65.7 Å². The van der Waals surface area contributed by atoms with Gasteiger partial charge in [0.25, 0.3) is 0 Å². The van der Waals surface area contributed by atoms with Gasteiger partial charge in [-0.2, -0.15) is 0 Å². The molecule has 108 valence electrons. The van der Waals surface area contributed by atoms with E-state index in [1.807, 2.05) is 0 Å². The van der Waals surface area contributed by atoms with E-state index < -0.39 is 0 Å². The second kappa shape index (κ2) is 5.89. The van der Waals surface area contributed by atoms with Crippen LogP contribution in [0.15, 0.2) is 0 Å².